The summed E-state index contributed by atoms with van der Waals surface area (Å²) in [5, 5.41) is 0. The number of nitrogens with zero attached hydrogens (tertiary/aromatic N) is 2. The molecule has 0 aliphatic rings. The van der Waals surface area contributed by atoms with Gasteiger partial charge in [0.2, 0.25) is 0 Å². The molecule has 1 aromatic heterocycles. The summed E-state index contributed by atoms with van der Waals surface area (Å²) in [6.07, 6.45) is 0.642. The van der Waals surface area contributed by atoms with Gasteiger partial charge in [0.1, 0.15) is 17.3 Å². The van der Waals surface area contributed by atoms with Crippen LogP contribution in [0.3, 0.4) is 0 Å². The topological polar surface area (TPSA) is 34.9 Å². The molecule has 3 nitrogen and oxygen atoms in total. The summed E-state index contributed by atoms with van der Waals surface area (Å²) in [6.45, 7) is 1.77. The van der Waals surface area contributed by atoms with Gasteiger partial charge in [-0.05, 0) is 25.1 Å². The quantitative estimate of drug-likeness (QED) is 0.798. The third-order valence-electron chi connectivity index (χ3n) is 2.64. The maximum absolute atomic E-state index is 13.8. The molecule has 0 fully saturated rings. The second kappa shape index (κ2) is 4.41. The van der Waals surface area contributed by atoms with E-state index in [9.17, 15) is 9.18 Å². The number of carbonyl (C=O) groups is 1. The number of aryl methyl sites for hydroxylation is 1. The average Bonchev–Trinajstić information content (AvgIpc) is 2.59. The van der Waals surface area contributed by atoms with Gasteiger partial charge < -0.3 is 4.57 Å². The highest BCUT2D eigenvalue weighted by Gasteiger charge is 2.17. The lowest BCUT2D eigenvalue weighted by Gasteiger charge is -2.06. The predicted molar refractivity (Wildman–Crippen MR) is 66.4 cm³/mol. The fourth-order valence-corrected chi connectivity index (χ4v) is 2.08. The molecular formula is C12H10BrFN2O. The molecule has 5 heteroatoms. The molecule has 2 rings (SSSR count). The number of aromatic nitrogens is 2. The van der Waals surface area contributed by atoms with E-state index in [4.69, 9.17) is 0 Å². The summed E-state index contributed by atoms with van der Waals surface area (Å²) in [5.74, 6) is 0.292. The lowest BCUT2D eigenvalue weighted by Crippen LogP contribution is -1.97. The zero-order valence-corrected chi connectivity index (χ0v) is 11.0. The molecule has 0 atom stereocenters. The number of aldehydes is 1. The Labute approximate surface area is 106 Å². The Bertz CT molecular complexity index is 592. The molecule has 17 heavy (non-hydrogen) atoms. The van der Waals surface area contributed by atoms with Crippen molar-refractivity contribution in [2.24, 2.45) is 7.05 Å². The van der Waals surface area contributed by atoms with Crippen molar-refractivity contribution in [2.75, 3.05) is 0 Å². The van der Waals surface area contributed by atoms with Gasteiger partial charge in [0.05, 0.1) is 5.69 Å². The number of rotatable bonds is 2. The zero-order chi connectivity index (χ0) is 12.6. The van der Waals surface area contributed by atoms with Crippen LogP contribution in [0.15, 0.2) is 22.7 Å². The van der Waals surface area contributed by atoms with Crippen LogP contribution in [0, 0.1) is 12.7 Å². The maximum Gasteiger partial charge on any atom is 0.170 e. The van der Waals surface area contributed by atoms with E-state index >= 15 is 0 Å². The Hall–Kier alpha value is -1.49. The SMILES string of the molecule is Cc1nc(C=O)c(-c2cc(Br)ccc2F)n1C. The van der Waals surface area contributed by atoms with Crippen LogP contribution in [-0.2, 0) is 7.05 Å². The van der Waals surface area contributed by atoms with Crippen LogP contribution in [0.1, 0.15) is 16.3 Å². The fourth-order valence-electron chi connectivity index (χ4n) is 1.72. The van der Waals surface area contributed by atoms with Gasteiger partial charge in [0, 0.05) is 17.1 Å². The molecule has 0 spiro atoms. The molecule has 0 amide bonds. The molecule has 0 bridgehead atoms. The van der Waals surface area contributed by atoms with Crippen LogP contribution in [0.2, 0.25) is 0 Å². The van der Waals surface area contributed by atoms with Gasteiger partial charge in [0.25, 0.3) is 0 Å². The van der Waals surface area contributed by atoms with Gasteiger partial charge in [0.15, 0.2) is 6.29 Å². The number of imidazole rings is 1. The van der Waals surface area contributed by atoms with Gasteiger partial charge in [-0.2, -0.15) is 0 Å². The highest BCUT2D eigenvalue weighted by Crippen LogP contribution is 2.28. The summed E-state index contributed by atoms with van der Waals surface area (Å²) in [6, 6.07) is 4.61. The van der Waals surface area contributed by atoms with Crippen LogP contribution in [-0.4, -0.2) is 15.8 Å². The van der Waals surface area contributed by atoms with Crippen molar-refractivity contribution < 1.29 is 9.18 Å². The van der Waals surface area contributed by atoms with E-state index in [1.807, 2.05) is 0 Å². The lowest BCUT2D eigenvalue weighted by molar-refractivity contribution is 0.112. The average molecular weight is 297 g/mol. The highest BCUT2D eigenvalue weighted by atomic mass is 79.9. The zero-order valence-electron chi connectivity index (χ0n) is 9.37. The van der Waals surface area contributed by atoms with Gasteiger partial charge in [-0.3, -0.25) is 4.79 Å². The number of hydrogen-bond donors (Lipinski definition) is 0. The van der Waals surface area contributed by atoms with E-state index in [2.05, 4.69) is 20.9 Å². The van der Waals surface area contributed by atoms with Crippen molar-refractivity contribution in [1.29, 1.82) is 0 Å². The van der Waals surface area contributed by atoms with Gasteiger partial charge in [-0.25, -0.2) is 9.37 Å². The predicted octanol–water partition coefficient (Wildman–Crippen LogP) is 3.11. The first-order chi connectivity index (χ1) is 8.04. The molecule has 1 aromatic carbocycles. The molecule has 0 radical (unpaired) electrons. The fraction of sp³-hybridized carbons (Fsp3) is 0.167. The normalized spacial score (nSPS) is 10.6. The molecular weight excluding hydrogens is 287 g/mol. The van der Waals surface area contributed by atoms with Crippen LogP contribution in [0.4, 0.5) is 4.39 Å². The summed E-state index contributed by atoms with van der Waals surface area (Å²) < 4.78 is 16.2. The highest BCUT2D eigenvalue weighted by molar-refractivity contribution is 9.10. The van der Waals surface area contributed by atoms with Gasteiger partial charge in [-0.1, -0.05) is 15.9 Å². The van der Waals surface area contributed by atoms with Crippen molar-refractivity contribution in [1.82, 2.24) is 9.55 Å². The first-order valence-corrected chi connectivity index (χ1v) is 5.78. The second-order valence-corrected chi connectivity index (χ2v) is 4.61. The molecule has 2 aromatic rings. The third kappa shape index (κ3) is 2.02. The number of hydrogen-bond acceptors (Lipinski definition) is 2. The van der Waals surface area contributed by atoms with E-state index in [1.165, 1.54) is 6.07 Å². The van der Waals surface area contributed by atoms with Crippen LogP contribution in [0.25, 0.3) is 11.3 Å². The molecule has 0 N–H and O–H groups in total. The minimum Gasteiger partial charge on any atom is -0.331 e. The van der Waals surface area contributed by atoms with Crippen molar-refractivity contribution in [3.63, 3.8) is 0 Å². The minimum atomic E-state index is -0.376. The van der Waals surface area contributed by atoms with Crippen LogP contribution in [0.5, 0.6) is 0 Å². The summed E-state index contributed by atoms with van der Waals surface area (Å²) >= 11 is 3.29. The third-order valence-corrected chi connectivity index (χ3v) is 3.13. The van der Waals surface area contributed by atoms with Crippen molar-refractivity contribution in [3.05, 3.63) is 40.0 Å². The van der Waals surface area contributed by atoms with Crippen LogP contribution >= 0.6 is 15.9 Å². The van der Waals surface area contributed by atoms with Crippen LogP contribution < -0.4 is 0 Å². The van der Waals surface area contributed by atoms with E-state index in [1.54, 1.807) is 30.7 Å². The van der Waals surface area contributed by atoms with Crippen molar-refractivity contribution >= 4 is 22.2 Å². The minimum absolute atomic E-state index is 0.252. The second-order valence-electron chi connectivity index (χ2n) is 3.69. The van der Waals surface area contributed by atoms with Crippen molar-refractivity contribution in [3.8, 4) is 11.3 Å². The standard InChI is InChI=1S/C12H10BrFN2O/c1-7-15-11(6-17)12(16(7)2)9-5-8(13)3-4-10(9)14/h3-6H,1-2H3. The summed E-state index contributed by atoms with van der Waals surface area (Å²) in [4.78, 5) is 15.0. The van der Waals surface area contributed by atoms with E-state index < -0.39 is 0 Å². The van der Waals surface area contributed by atoms with Crippen molar-refractivity contribution in [2.45, 2.75) is 6.92 Å². The Morgan fingerprint density at radius 2 is 2.18 bits per heavy atom. The van der Waals surface area contributed by atoms with E-state index in [-0.39, 0.29) is 11.5 Å². The number of carbonyl (C=O) groups excluding carboxylic acids is 1. The Morgan fingerprint density at radius 1 is 1.47 bits per heavy atom. The first kappa shape index (κ1) is 12.0. The lowest BCUT2D eigenvalue weighted by atomic mass is 10.1. The molecule has 0 saturated carbocycles. The molecule has 0 unspecified atom stereocenters. The molecule has 1 heterocycles. The Balaban J connectivity index is 2.75. The summed E-state index contributed by atoms with van der Waals surface area (Å²) in [7, 11) is 1.75. The monoisotopic (exact) mass is 296 g/mol. The number of halogens is 2. The van der Waals surface area contributed by atoms with Gasteiger partial charge >= 0.3 is 0 Å². The molecule has 88 valence electrons. The molecule has 0 aliphatic carbocycles. The summed E-state index contributed by atoms with van der Waals surface area (Å²) in [5.41, 5.74) is 1.11. The van der Waals surface area contributed by atoms with Gasteiger partial charge in [-0.15, -0.1) is 0 Å². The Kier molecular flexibility index (Phi) is 3.11. The smallest absolute Gasteiger partial charge is 0.170 e. The first-order valence-electron chi connectivity index (χ1n) is 4.98. The Morgan fingerprint density at radius 3 is 2.82 bits per heavy atom. The van der Waals surface area contributed by atoms with E-state index in [0.717, 1.165) is 4.47 Å². The molecule has 0 aliphatic heterocycles. The number of benzene rings is 1. The maximum atomic E-state index is 13.8. The van der Waals surface area contributed by atoms with E-state index in [0.29, 0.717) is 23.4 Å². The largest absolute Gasteiger partial charge is 0.331 e. The molecule has 0 saturated heterocycles.